The predicted octanol–water partition coefficient (Wildman–Crippen LogP) is 3.25. The standard InChI is InChI=1S/C6H3BrCl2N2O2/c7-4-5(9)3(11(12)13)1-2(8)6(4)10/h1H,10H2. The molecule has 7 heteroatoms. The van der Waals surface area contributed by atoms with Gasteiger partial charge in [0.05, 0.1) is 20.1 Å². The van der Waals surface area contributed by atoms with E-state index in [2.05, 4.69) is 15.9 Å². The fourth-order valence-corrected chi connectivity index (χ4v) is 1.68. The summed E-state index contributed by atoms with van der Waals surface area (Å²) < 4.78 is 0.244. The number of rotatable bonds is 1. The first-order valence-electron chi connectivity index (χ1n) is 3.02. The number of anilines is 1. The molecule has 0 aliphatic carbocycles. The molecule has 0 saturated carbocycles. The average Bonchev–Trinajstić information content (AvgIpc) is 2.07. The van der Waals surface area contributed by atoms with Crippen molar-refractivity contribution in [3.63, 3.8) is 0 Å². The van der Waals surface area contributed by atoms with Gasteiger partial charge in [0.1, 0.15) is 5.02 Å². The first kappa shape index (κ1) is 10.6. The van der Waals surface area contributed by atoms with E-state index in [1.165, 1.54) is 0 Å². The Morgan fingerprint density at radius 3 is 2.54 bits per heavy atom. The molecular formula is C6H3BrCl2N2O2. The lowest BCUT2D eigenvalue weighted by molar-refractivity contribution is -0.384. The van der Waals surface area contributed by atoms with Crippen LogP contribution in [-0.2, 0) is 0 Å². The van der Waals surface area contributed by atoms with E-state index in [0.717, 1.165) is 6.07 Å². The van der Waals surface area contributed by atoms with Crippen molar-refractivity contribution in [2.75, 3.05) is 5.73 Å². The summed E-state index contributed by atoms with van der Waals surface area (Å²) in [5.74, 6) is 0. The Morgan fingerprint density at radius 2 is 2.08 bits per heavy atom. The van der Waals surface area contributed by atoms with E-state index < -0.39 is 4.92 Å². The highest BCUT2D eigenvalue weighted by molar-refractivity contribution is 9.10. The number of nitrogens with zero attached hydrogens (tertiary/aromatic N) is 1. The van der Waals surface area contributed by atoms with E-state index in [1.807, 2.05) is 0 Å². The highest BCUT2D eigenvalue weighted by atomic mass is 79.9. The molecule has 0 aliphatic heterocycles. The van der Waals surface area contributed by atoms with Crippen LogP contribution in [0.2, 0.25) is 10.0 Å². The zero-order chi connectivity index (χ0) is 10.2. The van der Waals surface area contributed by atoms with Gasteiger partial charge in [-0.3, -0.25) is 10.1 Å². The smallest absolute Gasteiger partial charge is 0.290 e. The summed E-state index contributed by atoms with van der Waals surface area (Å²) in [6, 6.07) is 1.12. The van der Waals surface area contributed by atoms with E-state index in [1.54, 1.807) is 0 Å². The highest BCUT2D eigenvalue weighted by Crippen LogP contribution is 2.40. The fraction of sp³-hybridized carbons (Fsp3) is 0. The van der Waals surface area contributed by atoms with Gasteiger partial charge in [0.2, 0.25) is 0 Å². The number of halogens is 3. The molecule has 1 aromatic carbocycles. The summed E-state index contributed by atoms with van der Waals surface area (Å²) in [5, 5.41) is 10.5. The van der Waals surface area contributed by atoms with Gasteiger partial charge >= 0.3 is 0 Å². The van der Waals surface area contributed by atoms with E-state index in [0.29, 0.717) is 0 Å². The maximum Gasteiger partial charge on any atom is 0.290 e. The Bertz CT molecular complexity index is 383. The minimum Gasteiger partial charge on any atom is -0.397 e. The number of nitro groups is 1. The Kier molecular flexibility index (Phi) is 3.00. The van der Waals surface area contributed by atoms with Gasteiger partial charge in [-0.25, -0.2) is 0 Å². The van der Waals surface area contributed by atoms with Gasteiger partial charge in [-0.15, -0.1) is 0 Å². The average molecular weight is 286 g/mol. The number of hydrogen-bond donors (Lipinski definition) is 1. The molecule has 0 saturated heterocycles. The van der Waals surface area contributed by atoms with Gasteiger partial charge in [-0.05, 0) is 15.9 Å². The third-order valence-corrected chi connectivity index (χ3v) is 3.12. The number of nitrogen functional groups attached to an aromatic ring is 1. The summed E-state index contributed by atoms with van der Waals surface area (Å²) in [6.07, 6.45) is 0. The summed E-state index contributed by atoms with van der Waals surface area (Å²) in [6.45, 7) is 0. The molecule has 0 spiro atoms. The molecular weight excluding hydrogens is 283 g/mol. The Morgan fingerprint density at radius 1 is 1.54 bits per heavy atom. The molecule has 4 nitrogen and oxygen atoms in total. The van der Waals surface area contributed by atoms with Crippen LogP contribution in [0.3, 0.4) is 0 Å². The summed E-state index contributed by atoms with van der Waals surface area (Å²) in [7, 11) is 0. The fourth-order valence-electron chi connectivity index (χ4n) is 0.730. The molecule has 13 heavy (non-hydrogen) atoms. The molecule has 0 unspecified atom stereocenters. The van der Waals surface area contributed by atoms with Crippen LogP contribution in [-0.4, -0.2) is 4.92 Å². The van der Waals surface area contributed by atoms with Gasteiger partial charge in [0, 0.05) is 6.07 Å². The molecule has 0 atom stereocenters. The van der Waals surface area contributed by atoms with Crippen molar-refractivity contribution < 1.29 is 4.92 Å². The largest absolute Gasteiger partial charge is 0.397 e. The second kappa shape index (κ2) is 3.69. The van der Waals surface area contributed by atoms with E-state index >= 15 is 0 Å². The number of nitro benzene ring substituents is 1. The minimum atomic E-state index is -0.627. The topological polar surface area (TPSA) is 69.2 Å². The molecule has 0 bridgehead atoms. The van der Waals surface area contributed by atoms with Crippen LogP contribution in [0.15, 0.2) is 10.5 Å². The van der Waals surface area contributed by atoms with Crippen molar-refractivity contribution >= 4 is 50.5 Å². The third-order valence-electron chi connectivity index (χ3n) is 1.37. The summed E-state index contributed by atoms with van der Waals surface area (Å²) in [5.41, 5.74) is 5.39. The Labute approximate surface area is 91.9 Å². The first-order chi connectivity index (χ1) is 5.95. The lowest BCUT2D eigenvalue weighted by Gasteiger charge is -2.03. The zero-order valence-electron chi connectivity index (χ0n) is 6.05. The van der Waals surface area contributed by atoms with Gasteiger partial charge in [-0.2, -0.15) is 0 Å². The van der Waals surface area contributed by atoms with Crippen LogP contribution in [0, 0.1) is 10.1 Å². The van der Waals surface area contributed by atoms with Crippen molar-refractivity contribution in [2.45, 2.75) is 0 Å². The van der Waals surface area contributed by atoms with Gasteiger partial charge in [0.15, 0.2) is 0 Å². The molecule has 0 amide bonds. The summed E-state index contributed by atoms with van der Waals surface area (Å²) >= 11 is 14.3. The van der Waals surface area contributed by atoms with Crippen molar-refractivity contribution in [3.05, 3.63) is 30.7 Å². The second-order valence-electron chi connectivity index (χ2n) is 2.18. The van der Waals surface area contributed by atoms with Crippen LogP contribution < -0.4 is 5.73 Å². The third kappa shape index (κ3) is 1.87. The molecule has 1 aromatic rings. The zero-order valence-corrected chi connectivity index (χ0v) is 9.15. The highest BCUT2D eigenvalue weighted by Gasteiger charge is 2.19. The lowest BCUT2D eigenvalue weighted by atomic mass is 10.3. The SMILES string of the molecule is Nc1c(Cl)cc([N+](=O)[O-])c(Cl)c1Br. The first-order valence-corrected chi connectivity index (χ1v) is 4.57. The normalized spacial score (nSPS) is 10.1. The van der Waals surface area contributed by atoms with Gasteiger partial charge < -0.3 is 5.73 Å². The van der Waals surface area contributed by atoms with Crippen molar-refractivity contribution in [1.29, 1.82) is 0 Å². The van der Waals surface area contributed by atoms with Crippen LogP contribution in [0.1, 0.15) is 0 Å². The Balaban J connectivity index is 3.50. The van der Waals surface area contributed by atoms with Crippen molar-refractivity contribution in [1.82, 2.24) is 0 Å². The maximum atomic E-state index is 10.4. The van der Waals surface area contributed by atoms with E-state index in [4.69, 9.17) is 28.9 Å². The molecule has 0 heterocycles. The maximum absolute atomic E-state index is 10.4. The number of benzene rings is 1. The van der Waals surface area contributed by atoms with Gasteiger partial charge in [-0.1, -0.05) is 23.2 Å². The summed E-state index contributed by atoms with van der Waals surface area (Å²) in [4.78, 5) is 9.81. The predicted molar refractivity (Wildman–Crippen MR) is 55.2 cm³/mol. The molecule has 2 N–H and O–H groups in total. The van der Waals surface area contributed by atoms with Crippen LogP contribution in [0.5, 0.6) is 0 Å². The van der Waals surface area contributed by atoms with Crippen LogP contribution in [0.4, 0.5) is 11.4 Å². The molecule has 1 rings (SSSR count). The van der Waals surface area contributed by atoms with E-state index in [9.17, 15) is 10.1 Å². The molecule has 0 radical (unpaired) electrons. The molecule has 0 aliphatic rings. The van der Waals surface area contributed by atoms with E-state index in [-0.39, 0.29) is 25.9 Å². The van der Waals surface area contributed by atoms with Crippen molar-refractivity contribution in [3.8, 4) is 0 Å². The molecule has 0 fully saturated rings. The lowest BCUT2D eigenvalue weighted by Crippen LogP contribution is -1.94. The van der Waals surface area contributed by atoms with Crippen LogP contribution >= 0.6 is 39.1 Å². The number of hydrogen-bond acceptors (Lipinski definition) is 3. The van der Waals surface area contributed by atoms with Crippen LogP contribution in [0.25, 0.3) is 0 Å². The monoisotopic (exact) mass is 284 g/mol. The Hall–Kier alpha value is -0.520. The second-order valence-corrected chi connectivity index (χ2v) is 3.75. The van der Waals surface area contributed by atoms with Crippen molar-refractivity contribution in [2.24, 2.45) is 0 Å². The molecule has 0 aromatic heterocycles. The minimum absolute atomic E-state index is 0.0492. The quantitative estimate of drug-likeness (QED) is 0.373. The molecule has 70 valence electrons. The number of nitrogens with two attached hydrogens (primary N) is 1. The van der Waals surface area contributed by atoms with Gasteiger partial charge in [0.25, 0.3) is 5.69 Å².